The van der Waals surface area contributed by atoms with Gasteiger partial charge in [-0.3, -0.25) is 4.79 Å². The average molecular weight is 447 g/mol. The van der Waals surface area contributed by atoms with Crippen LogP contribution in [-0.4, -0.2) is 68.9 Å². The largest absolute Gasteiger partial charge is 0.491 e. The number of likely N-dealkylation sites (N-methyl/N-ethyl adjacent to an activating group) is 1. The Morgan fingerprint density at radius 3 is 2.69 bits per heavy atom. The molecule has 0 spiro atoms. The number of benzene rings is 1. The second-order valence-corrected chi connectivity index (χ2v) is 9.20. The molecule has 1 saturated carbocycles. The molecule has 8 nitrogen and oxygen atoms in total. The SMILES string of the molecule is CO[C@@H]1CN(C)C(=O)c2cc(NC(=O)NC3CCCCC3)ccc2OC[C@H](C)NC[C@@H]1C. The van der Waals surface area contributed by atoms with Crippen molar-refractivity contribution in [2.45, 2.75) is 64.1 Å². The number of methoxy groups -OCH3 is 1. The van der Waals surface area contributed by atoms with Gasteiger partial charge in [-0.2, -0.15) is 0 Å². The molecule has 8 heteroatoms. The summed E-state index contributed by atoms with van der Waals surface area (Å²) in [6.45, 7) is 5.84. The fourth-order valence-corrected chi connectivity index (χ4v) is 4.34. The summed E-state index contributed by atoms with van der Waals surface area (Å²) in [4.78, 5) is 27.4. The minimum Gasteiger partial charge on any atom is -0.491 e. The number of nitrogens with one attached hydrogen (secondary N) is 3. The smallest absolute Gasteiger partial charge is 0.319 e. The summed E-state index contributed by atoms with van der Waals surface area (Å²) in [6, 6.07) is 5.32. The van der Waals surface area contributed by atoms with Crippen molar-refractivity contribution in [3.63, 3.8) is 0 Å². The van der Waals surface area contributed by atoms with Crippen LogP contribution in [0.3, 0.4) is 0 Å². The van der Waals surface area contributed by atoms with Gasteiger partial charge in [0.2, 0.25) is 0 Å². The third kappa shape index (κ3) is 6.59. The van der Waals surface area contributed by atoms with Gasteiger partial charge in [0.15, 0.2) is 0 Å². The van der Waals surface area contributed by atoms with Gasteiger partial charge >= 0.3 is 6.03 Å². The van der Waals surface area contributed by atoms with Gasteiger partial charge in [0.05, 0.1) is 11.7 Å². The second kappa shape index (κ2) is 11.5. The van der Waals surface area contributed by atoms with Crippen LogP contribution in [0.4, 0.5) is 10.5 Å². The van der Waals surface area contributed by atoms with Gasteiger partial charge in [0, 0.05) is 45.0 Å². The van der Waals surface area contributed by atoms with Crippen molar-refractivity contribution in [1.29, 1.82) is 0 Å². The molecule has 1 aliphatic heterocycles. The van der Waals surface area contributed by atoms with E-state index in [0.717, 1.165) is 32.2 Å². The number of nitrogens with zero attached hydrogens (tertiary/aromatic N) is 1. The number of urea groups is 1. The molecule has 0 bridgehead atoms. The van der Waals surface area contributed by atoms with Gasteiger partial charge in [0.1, 0.15) is 12.4 Å². The monoisotopic (exact) mass is 446 g/mol. The van der Waals surface area contributed by atoms with Crippen molar-refractivity contribution in [3.05, 3.63) is 23.8 Å². The zero-order valence-corrected chi connectivity index (χ0v) is 19.8. The Morgan fingerprint density at radius 2 is 1.97 bits per heavy atom. The molecular formula is C24H38N4O4. The molecule has 178 valence electrons. The van der Waals surface area contributed by atoms with E-state index in [2.05, 4.69) is 29.8 Å². The van der Waals surface area contributed by atoms with Crippen molar-refractivity contribution < 1.29 is 19.1 Å². The van der Waals surface area contributed by atoms with Crippen LogP contribution in [0.1, 0.15) is 56.3 Å². The van der Waals surface area contributed by atoms with E-state index in [0.29, 0.717) is 30.2 Å². The Morgan fingerprint density at radius 1 is 1.22 bits per heavy atom. The highest BCUT2D eigenvalue weighted by molar-refractivity contribution is 5.99. The Hall–Kier alpha value is -2.32. The number of hydrogen-bond donors (Lipinski definition) is 3. The molecule has 0 aromatic heterocycles. The van der Waals surface area contributed by atoms with E-state index in [1.165, 1.54) is 6.42 Å². The van der Waals surface area contributed by atoms with Crippen LogP contribution in [0, 0.1) is 5.92 Å². The number of ether oxygens (including phenoxy) is 2. The minimum atomic E-state index is -0.238. The maximum atomic E-state index is 13.3. The molecule has 3 N–H and O–H groups in total. The zero-order valence-electron chi connectivity index (χ0n) is 19.8. The lowest BCUT2D eigenvalue weighted by Crippen LogP contribution is -2.44. The normalized spacial score (nSPS) is 25.7. The summed E-state index contributed by atoms with van der Waals surface area (Å²) < 4.78 is 11.7. The molecule has 1 heterocycles. The first-order chi connectivity index (χ1) is 15.4. The summed E-state index contributed by atoms with van der Waals surface area (Å²) in [6.07, 6.45) is 5.47. The van der Waals surface area contributed by atoms with E-state index in [9.17, 15) is 9.59 Å². The average Bonchev–Trinajstić information content (AvgIpc) is 2.79. The first-order valence-electron chi connectivity index (χ1n) is 11.7. The number of rotatable bonds is 3. The highest BCUT2D eigenvalue weighted by Gasteiger charge is 2.26. The van der Waals surface area contributed by atoms with Crippen LogP contribution >= 0.6 is 0 Å². The zero-order chi connectivity index (χ0) is 23.1. The Kier molecular flexibility index (Phi) is 8.75. The number of carbonyl (C=O) groups is 2. The van der Waals surface area contributed by atoms with Crippen LogP contribution in [-0.2, 0) is 4.74 Å². The van der Waals surface area contributed by atoms with Crippen molar-refractivity contribution in [3.8, 4) is 5.75 Å². The van der Waals surface area contributed by atoms with Crippen LogP contribution < -0.4 is 20.7 Å². The summed E-state index contributed by atoms with van der Waals surface area (Å²) in [5, 5.41) is 9.40. The molecule has 3 rings (SSSR count). The number of amides is 3. The highest BCUT2D eigenvalue weighted by Crippen LogP contribution is 2.26. The van der Waals surface area contributed by atoms with E-state index < -0.39 is 0 Å². The lowest BCUT2D eigenvalue weighted by Gasteiger charge is -2.30. The maximum absolute atomic E-state index is 13.3. The van der Waals surface area contributed by atoms with Gasteiger partial charge in [0.25, 0.3) is 5.91 Å². The number of fused-ring (bicyclic) bond motifs is 1. The van der Waals surface area contributed by atoms with Crippen LogP contribution in [0.15, 0.2) is 18.2 Å². The minimum absolute atomic E-state index is 0.0879. The standard InChI is InChI=1S/C24H38N4O4/c1-16-13-25-17(2)15-32-21-11-10-19(27-24(30)26-18-8-6-5-7-9-18)12-20(21)23(29)28(3)14-22(16)31-4/h10-12,16-18,22,25H,5-9,13-15H2,1-4H3,(H2,26,27,30)/t16-,17-,22+/m0/s1. The first kappa shape index (κ1) is 24.3. The van der Waals surface area contributed by atoms with Gasteiger partial charge in [-0.15, -0.1) is 0 Å². The molecule has 1 aromatic rings. The molecule has 1 fully saturated rings. The molecule has 3 atom stereocenters. The first-order valence-corrected chi connectivity index (χ1v) is 11.7. The van der Waals surface area contributed by atoms with Crippen LogP contribution in [0.5, 0.6) is 5.75 Å². The van der Waals surface area contributed by atoms with E-state index >= 15 is 0 Å². The maximum Gasteiger partial charge on any atom is 0.319 e. The van der Waals surface area contributed by atoms with Gasteiger partial charge in [-0.05, 0) is 43.9 Å². The molecular weight excluding hydrogens is 408 g/mol. The summed E-state index contributed by atoms with van der Waals surface area (Å²) >= 11 is 0. The van der Waals surface area contributed by atoms with E-state index in [-0.39, 0.29) is 36.0 Å². The van der Waals surface area contributed by atoms with E-state index in [1.807, 2.05) is 0 Å². The molecule has 3 amide bonds. The Bertz CT molecular complexity index is 781. The third-order valence-corrected chi connectivity index (χ3v) is 6.42. The summed E-state index contributed by atoms with van der Waals surface area (Å²) in [5.41, 5.74) is 0.996. The Balaban J connectivity index is 1.78. The van der Waals surface area contributed by atoms with Crippen molar-refractivity contribution >= 4 is 17.6 Å². The van der Waals surface area contributed by atoms with Gasteiger partial charge in [-0.25, -0.2) is 4.79 Å². The summed E-state index contributed by atoms with van der Waals surface area (Å²) in [5.74, 6) is 0.580. The molecule has 0 radical (unpaired) electrons. The van der Waals surface area contributed by atoms with Gasteiger partial charge < -0.3 is 30.3 Å². The van der Waals surface area contributed by atoms with E-state index in [4.69, 9.17) is 9.47 Å². The molecule has 0 unspecified atom stereocenters. The fraction of sp³-hybridized carbons (Fsp3) is 0.667. The van der Waals surface area contributed by atoms with E-state index in [1.54, 1.807) is 37.3 Å². The Labute approximate surface area is 191 Å². The summed E-state index contributed by atoms with van der Waals surface area (Å²) in [7, 11) is 3.45. The van der Waals surface area contributed by atoms with Crippen LogP contribution in [0.2, 0.25) is 0 Å². The van der Waals surface area contributed by atoms with Crippen molar-refractivity contribution in [2.24, 2.45) is 5.92 Å². The number of hydrogen-bond acceptors (Lipinski definition) is 5. The highest BCUT2D eigenvalue weighted by atomic mass is 16.5. The third-order valence-electron chi connectivity index (χ3n) is 6.42. The van der Waals surface area contributed by atoms with Crippen molar-refractivity contribution in [1.82, 2.24) is 15.5 Å². The predicted octanol–water partition coefficient (Wildman–Crippen LogP) is 3.23. The quantitative estimate of drug-likeness (QED) is 0.663. The molecule has 1 aromatic carbocycles. The second-order valence-electron chi connectivity index (χ2n) is 9.20. The number of carbonyl (C=O) groups excluding carboxylic acids is 2. The van der Waals surface area contributed by atoms with Crippen molar-refractivity contribution in [2.75, 3.05) is 39.2 Å². The number of anilines is 1. The molecule has 2 aliphatic rings. The fourth-order valence-electron chi connectivity index (χ4n) is 4.34. The van der Waals surface area contributed by atoms with Gasteiger partial charge in [-0.1, -0.05) is 26.2 Å². The molecule has 1 aliphatic carbocycles. The lowest BCUT2D eigenvalue weighted by atomic mass is 9.96. The molecule has 0 saturated heterocycles. The lowest BCUT2D eigenvalue weighted by molar-refractivity contribution is 0.0281. The molecule has 32 heavy (non-hydrogen) atoms. The topological polar surface area (TPSA) is 91.9 Å². The predicted molar refractivity (Wildman–Crippen MR) is 125 cm³/mol. The van der Waals surface area contributed by atoms with Crippen LogP contribution in [0.25, 0.3) is 0 Å².